The van der Waals surface area contributed by atoms with Crippen LogP contribution in [0.4, 0.5) is 10.1 Å². The minimum absolute atomic E-state index is 0.00879. The Morgan fingerprint density at radius 3 is 2.53 bits per heavy atom. The van der Waals surface area contributed by atoms with E-state index >= 15 is 0 Å². The van der Waals surface area contributed by atoms with E-state index in [4.69, 9.17) is 0 Å². The third-order valence-electron chi connectivity index (χ3n) is 6.13. The number of phenols is 1. The van der Waals surface area contributed by atoms with Gasteiger partial charge in [0.25, 0.3) is 5.91 Å². The van der Waals surface area contributed by atoms with Crippen molar-refractivity contribution in [2.24, 2.45) is 0 Å². The minimum atomic E-state index is -4.05. The summed E-state index contributed by atoms with van der Waals surface area (Å²) >= 11 is 0. The molecule has 2 N–H and O–H groups in total. The Morgan fingerprint density at radius 1 is 1.08 bits per heavy atom. The molecule has 5 rings (SSSR count). The van der Waals surface area contributed by atoms with Gasteiger partial charge in [-0.05, 0) is 47.5 Å². The van der Waals surface area contributed by atoms with E-state index in [1.807, 2.05) is 0 Å². The van der Waals surface area contributed by atoms with Crippen molar-refractivity contribution in [3.63, 3.8) is 0 Å². The lowest BCUT2D eigenvalue weighted by Gasteiger charge is -2.24. The van der Waals surface area contributed by atoms with Crippen molar-refractivity contribution in [1.82, 2.24) is 19.6 Å². The summed E-state index contributed by atoms with van der Waals surface area (Å²) in [7, 11) is -2.66. The number of carbonyl (C=O) groups excluding carboxylic acids is 1. The smallest absolute Gasteiger partial charge is 0.301 e. The predicted molar refractivity (Wildman–Crippen MR) is 132 cm³/mol. The number of carbonyl (C=O) groups is 1. The molecule has 36 heavy (non-hydrogen) atoms. The van der Waals surface area contributed by atoms with Gasteiger partial charge in [-0.15, -0.1) is 0 Å². The van der Waals surface area contributed by atoms with Crippen LogP contribution in [0.5, 0.6) is 5.75 Å². The lowest BCUT2D eigenvalue weighted by Crippen LogP contribution is -2.38. The molecule has 0 radical (unpaired) electrons. The molecule has 3 heterocycles. The molecule has 184 valence electrons. The van der Waals surface area contributed by atoms with E-state index in [1.54, 1.807) is 48.8 Å². The molecule has 2 aromatic heterocycles. The maximum absolute atomic E-state index is 13.3. The van der Waals surface area contributed by atoms with E-state index in [0.29, 0.717) is 16.5 Å². The number of nitrogens with one attached hydrogen (secondary N) is 1. The van der Waals surface area contributed by atoms with E-state index < -0.39 is 21.9 Å². The molecular formula is C25H22FN5O4S. The number of hydrogen-bond acceptors (Lipinski definition) is 6. The first-order chi connectivity index (χ1) is 17.3. The number of halogens is 1. The fourth-order valence-electron chi connectivity index (χ4n) is 4.32. The zero-order chi connectivity index (χ0) is 25.4. The zero-order valence-corrected chi connectivity index (χ0v) is 20.0. The number of hydrogen-bond donors (Lipinski definition) is 2. The van der Waals surface area contributed by atoms with E-state index in [9.17, 15) is 22.7 Å². The Kier molecular flexibility index (Phi) is 6.02. The number of aromatic hydroxyl groups is 1. The summed E-state index contributed by atoms with van der Waals surface area (Å²) < 4.78 is 43.6. The standard InChI is InChI=1S/C25H22FN5O4S/c1-30(36(34,35)29-13-16-8-11-27-12-9-16)23-19-3-2-10-28-22(19)24(32)21-20(23)15-31(25(21)33)14-17-4-6-18(26)7-5-17/h2-12,29,32H,13-15H2,1H3. The van der Waals surface area contributed by atoms with Crippen LogP contribution in [0.25, 0.3) is 10.9 Å². The maximum atomic E-state index is 13.3. The van der Waals surface area contributed by atoms with Crippen LogP contribution in [0.3, 0.4) is 0 Å². The first kappa shape index (κ1) is 23.6. The fraction of sp³-hybridized carbons (Fsp3) is 0.160. The van der Waals surface area contributed by atoms with Crippen LogP contribution in [0, 0.1) is 5.82 Å². The van der Waals surface area contributed by atoms with Crippen LogP contribution >= 0.6 is 0 Å². The summed E-state index contributed by atoms with van der Waals surface area (Å²) in [5.74, 6) is -1.15. The number of anilines is 1. The average molecular weight is 508 g/mol. The Labute approximate surface area is 207 Å². The van der Waals surface area contributed by atoms with Crippen LogP contribution in [0.1, 0.15) is 27.0 Å². The second-order valence-electron chi connectivity index (χ2n) is 8.39. The molecule has 2 aromatic carbocycles. The fourth-order valence-corrected chi connectivity index (χ4v) is 5.31. The van der Waals surface area contributed by atoms with Gasteiger partial charge in [-0.2, -0.15) is 13.1 Å². The number of nitrogens with zero attached hydrogens (tertiary/aromatic N) is 4. The number of fused-ring (bicyclic) bond motifs is 2. The summed E-state index contributed by atoms with van der Waals surface area (Å²) in [6, 6.07) is 12.4. The predicted octanol–water partition coefficient (Wildman–Crippen LogP) is 3.10. The number of benzene rings is 2. The quantitative estimate of drug-likeness (QED) is 0.397. The number of pyridine rings is 2. The Morgan fingerprint density at radius 2 is 1.81 bits per heavy atom. The van der Waals surface area contributed by atoms with Crippen molar-refractivity contribution in [2.75, 3.05) is 11.4 Å². The summed E-state index contributed by atoms with van der Waals surface area (Å²) in [5, 5.41) is 11.4. The van der Waals surface area contributed by atoms with Crippen LogP contribution in [-0.4, -0.2) is 41.3 Å². The van der Waals surface area contributed by atoms with Crippen LogP contribution in [0.2, 0.25) is 0 Å². The Balaban J connectivity index is 1.55. The topological polar surface area (TPSA) is 116 Å². The highest BCUT2D eigenvalue weighted by molar-refractivity contribution is 7.90. The molecule has 0 atom stereocenters. The average Bonchev–Trinajstić information content (AvgIpc) is 3.20. The molecule has 1 aliphatic heterocycles. The van der Waals surface area contributed by atoms with Crippen LogP contribution in [0.15, 0.2) is 67.1 Å². The SMILES string of the molecule is CN(c1c2c(c(O)c3ncccc13)C(=O)N(Cc1ccc(F)cc1)C2)S(=O)(=O)NCc1ccncc1. The Hall–Kier alpha value is -4.09. The zero-order valence-electron chi connectivity index (χ0n) is 19.2. The molecule has 0 fully saturated rings. The van der Waals surface area contributed by atoms with Gasteiger partial charge in [-0.3, -0.25) is 19.1 Å². The molecular weight excluding hydrogens is 485 g/mol. The largest absolute Gasteiger partial charge is 0.505 e. The van der Waals surface area contributed by atoms with E-state index in [0.717, 1.165) is 9.87 Å². The molecule has 0 saturated heterocycles. The molecule has 1 aliphatic rings. The molecule has 0 aliphatic carbocycles. The lowest BCUT2D eigenvalue weighted by atomic mass is 10.0. The first-order valence-corrected chi connectivity index (χ1v) is 12.5. The molecule has 0 bridgehead atoms. The molecule has 4 aromatic rings. The van der Waals surface area contributed by atoms with Crippen molar-refractivity contribution in [2.45, 2.75) is 19.6 Å². The van der Waals surface area contributed by atoms with Crippen LogP contribution < -0.4 is 9.03 Å². The summed E-state index contributed by atoms with van der Waals surface area (Å²) in [6.45, 7) is 0.262. The first-order valence-electron chi connectivity index (χ1n) is 11.0. The van der Waals surface area contributed by atoms with Crippen molar-refractivity contribution in [1.29, 1.82) is 0 Å². The number of rotatable bonds is 7. The second-order valence-corrected chi connectivity index (χ2v) is 10.2. The Bertz CT molecular complexity index is 1560. The third kappa shape index (κ3) is 4.23. The number of phenolic OH excluding ortho intramolecular Hbond substituents is 1. The molecule has 1 amide bonds. The van der Waals surface area contributed by atoms with Gasteiger partial charge in [-0.1, -0.05) is 12.1 Å². The molecule has 11 heteroatoms. The number of aromatic nitrogens is 2. The van der Waals surface area contributed by atoms with Gasteiger partial charge in [-0.25, -0.2) is 4.39 Å². The van der Waals surface area contributed by atoms with Crippen molar-refractivity contribution in [3.05, 3.63) is 95.2 Å². The van der Waals surface area contributed by atoms with Gasteiger partial charge in [0.1, 0.15) is 11.3 Å². The second kappa shape index (κ2) is 9.17. The van der Waals surface area contributed by atoms with Gasteiger partial charge >= 0.3 is 10.2 Å². The van der Waals surface area contributed by atoms with Crippen LogP contribution in [-0.2, 0) is 29.8 Å². The third-order valence-corrected chi connectivity index (χ3v) is 7.54. The van der Waals surface area contributed by atoms with Gasteiger partial charge in [0.15, 0.2) is 5.75 Å². The van der Waals surface area contributed by atoms with Crippen molar-refractivity contribution in [3.8, 4) is 5.75 Å². The monoisotopic (exact) mass is 507 g/mol. The van der Waals surface area contributed by atoms with E-state index in [-0.39, 0.29) is 42.2 Å². The van der Waals surface area contributed by atoms with Gasteiger partial charge < -0.3 is 10.0 Å². The highest BCUT2D eigenvalue weighted by Gasteiger charge is 2.37. The van der Waals surface area contributed by atoms with Crippen molar-refractivity contribution >= 4 is 32.7 Å². The number of amides is 1. The molecule has 0 unspecified atom stereocenters. The minimum Gasteiger partial charge on any atom is -0.505 e. The van der Waals surface area contributed by atoms with Gasteiger partial charge in [0.05, 0.1) is 11.3 Å². The van der Waals surface area contributed by atoms with Crippen molar-refractivity contribution < 1.29 is 22.7 Å². The highest BCUT2D eigenvalue weighted by Crippen LogP contribution is 2.44. The highest BCUT2D eigenvalue weighted by atomic mass is 32.2. The van der Waals surface area contributed by atoms with Gasteiger partial charge in [0, 0.05) is 56.2 Å². The summed E-state index contributed by atoms with van der Waals surface area (Å²) in [5.41, 5.74) is 2.18. The van der Waals surface area contributed by atoms with E-state index in [1.165, 1.54) is 30.3 Å². The molecule has 9 nitrogen and oxygen atoms in total. The molecule has 0 saturated carbocycles. The summed E-state index contributed by atoms with van der Waals surface area (Å²) in [4.78, 5) is 23.0. The van der Waals surface area contributed by atoms with E-state index in [2.05, 4.69) is 14.7 Å². The molecule has 0 spiro atoms. The summed E-state index contributed by atoms with van der Waals surface area (Å²) in [6.07, 6.45) is 4.60. The maximum Gasteiger partial charge on any atom is 0.301 e. The van der Waals surface area contributed by atoms with Gasteiger partial charge in [0.2, 0.25) is 0 Å². The lowest BCUT2D eigenvalue weighted by molar-refractivity contribution is 0.0764. The normalized spacial score (nSPS) is 13.3.